The topological polar surface area (TPSA) is 117 Å². The van der Waals surface area contributed by atoms with Gasteiger partial charge in [0.1, 0.15) is 11.5 Å². The Labute approximate surface area is 283 Å². The Morgan fingerprint density at radius 3 is 2.38 bits per heavy atom. The highest BCUT2D eigenvalue weighted by atomic mass is 16.5. The molecule has 3 heterocycles. The second-order valence-electron chi connectivity index (χ2n) is 12.6. The lowest BCUT2D eigenvalue weighted by molar-refractivity contribution is 0.0364. The first-order chi connectivity index (χ1) is 23.4. The van der Waals surface area contributed by atoms with E-state index in [0.29, 0.717) is 62.9 Å². The number of esters is 1. The average Bonchev–Trinajstić information content (AvgIpc) is 3.56. The number of imidazole rings is 1. The Hall–Kier alpha value is -4.06. The van der Waals surface area contributed by atoms with Crippen LogP contribution in [0.4, 0.5) is 0 Å². The van der Waals surface area contributed by atoms with E-state index in [2.05, 4.69) is 18.7 Å². The zero-order chi connectivity index (χ0) is 34.0. The highest BCUT2D eigenvalue weighted by molar-refractivity contribution is 6.03. The Morgan fingerprint density at radius 2 is 1.71 bits per heavy atom. The monoisotopic (exact) mass is 659 g/mol. The Morgan fingerprint density at radius 1 is 1.00 bits per heavy atom. The van der Waals surface area contributed by atoms with E-state index in [1.807, 2.05) is 33.7 Å². The van der Waals surface area contributed by atoms with E-state index in [9.17, 15) is 19.5 Å². The highest BCUT2D eigenvalue weighted by Gasteiger charge is 2.33. The molecule has 2 aliphatic rings. The van der Waals surface area contributed by atoms with Gasteiger partial charge in [-0.3, -0.25) is 14.5 Å². The molecule has 1 fully saturated rings. The minimum atomic E-state index is -0.563. The number of unbranched alkanes of at least 4 members (excludes halogenated alkanes) is 2. The quantitative estimate of drug-likeness (QED) is 0.255. The van der Waals surface area contributed by atoms with Gasteiger partial charge in [0.15, 0.2) is 0 Å². The van der Waals surface area contributed by atoms with Gasteiger partial charge in [-0.2, -0.15) is 0 Å². The molecule has 0 spiro atoms. The molecule has 2 aromatic carbocycles. The molecule has 5 rings (SSSR count). The molecular formula is C37H49N5O6. The van der Waals surface area contributed by atoms with Crippen molar-refractivity contribution in [2.75, 3.05) is 59.7 Å². The van der Waals surface area contributed by atoms with Crippen molar-refractivity contribution < 1.29 is 29.0 Å². The van der Waals surface area contributed by atoms with Crippen molar-refractivity contribution >= 4 is 17.8 Å². The van der Waals surface area contributed by atoms with Crippen molar-refractivity contribution in [3.8, 4) is 11.4 Å². The molecule has 2 aliphatic heterocycles. The summed E-state index contributed by atoms with van der Waals surface area (Å²) < 4.78 is 12.5. The number of aromatic nitrogens is 2. The fourth-order valence-electron chi connectivity index (χ4n) is 6.46. The number of amides is 2. The second-order valence-corrected chi connectivity index (χ2v) is 12.6. The third-order valence-electron chi connectivity index (χ3n) is 9.35. The number of aliphatic hydroxyl groups excluding tert-OH is 1. The molecular weight excluding hydrogens is 610 g/mol. The van der Waals surface area contributed by atoms with E-state index in [4.69, 9.17) is 14.5 Å². The molecule has 3 aromatic rings. The smallest absolute Gasteiger partial charge is 0.337 e. The van der Waals surface area contributed by atoms with Gasteiger partial charge in [-0.05, 0) is 48.6 Å². The molecule has 2 amide bonds. The molecule has 0 aliphatic carbocycles. The van der Waals surface area contributed by atoms with E-state index >= 15 is 0 Å². The molecule has 11 heteroatoms. The number of fused-ring (bicyclic) bond motifs is 1. The number of aliphatic hydroxyl groups is 1. The van der Waals surface area contributed by atoms with Gasteiger partial charge in [0.2, 0.25) is 0 Å². The van der Waals surface area contributed by atoms with Crippen LogP contribution in [0.15, 0.2) is 48.7 Å². The summed E-state index contributed by atoms with van der Waals surface area (Å²) in [6.07, 6.45) is 6.07. The van der Waals surface area contributed by atoms with Crippen LogP contribution in [-0.4, -0.2) is 113 Å². The minimum Gasteiger partial charge on any atom is -0.465 e. The van der Waals surface area contributed by atoms with Crippen molar-refractivity contribution in [3.63, 3.8) is 0 Å². The maximum absolute atomic E-state index is 14.6. The molecule has 258 valence electrons. The Balaban J connectivity index is 1.58. The summed E-state index contributed by atoms with van der Waals surface area (Å²) in [7, 11) is 1.31. The predicted molar refractivity (Wildman–Crippen MR) is 183 cm³/mol. The number of rotatable bonds is 14. The first-order valence-electron chi connectivity index (χ1n) is 17.3. The summed E-state index contributed by atoms with van der Waals surface area (Å²) in [4.78, 5) is 52.0. The Bertz CT molecular complexity index is 1560. The number of benzene rings is 2. The van der Waals surface area contributed by atoms with Crippen LogP contribution in [-0.2, 0) is 29.0 Å². The summed E-state index contributed by atoms with van der Waals surface area (Å²) in [6.45, 7) is 9.87. The normalized spacial score (nSPS) is 16.4. The van der Waals surface area contributed by atoms with Gasteiger partial charge in [0.25, 0.3) is 11.8 Å². The first kappa shape index (κ1) is 35.3. The lowest BCUT2D eigenvalue weighted by atomic mass is 9.92. The first-order valence-corrected chi connectivity index (χ1v) is 17.3. The fraction of sp³-hybridized carbons (Fsp3) is 0.514. The number of hydrogen-bond acceptors (Lipinski definition) is 8. The van der Waals surface area contributed by atoms with Crippen LogP contribution in [0.2, 0.25) is 0 Å². The molecule has 48 heavy (non-hydrogen) atoms. The largest absolute Gasteiger partial charge is 0.465 e. The van der Waals surface area contributed by atoms with Crippen LogP contribution in [0.1, 0.15) is 81.9 Å². The highest BCUT2D eigenvalue weighted by Crippen LogP contribution is 2.31. The van der Waals surface area contributed by atoms with Crippen LogP contribution in [0.5, 0.6) is 0 Å². The van der Waals surface area contributed by atoms with Gasteiger partial charge < -0.3 is 28.9 Å². The van der Waals surface area contributed by atoms with Crippen molar-refractivity contribution in [1.82, 2.24) is 24.3 Å². The lowest BCUT2D eigenvalue weighted by Gasteiger charge is -2.36. The van der Waals surface area contributed by atoms with E-state index in [-0.39, 0.29) is 29.5 Å². The SMILES string of the molecule is CCCCN(CCCC)C(=O)c1cn(CCN2CCOCC2)c(-c2ccc(C(=O)OC)cc2C(=O)N2Cc3ccccc3C[C@H]2CO)n1. The van der Waals surface area contributed by atoms with Crippen LogP contribution in [0, 0.1) is 0 Å². The molecule has 1 atom stereocenters. The zero-order valence-electron chi connectivity index (χ0n) is 28.5. The van der Waals surface area contributed by atoms with E-state index in [0.717, 1.165) is 56.4 Å². The van der Waals surface area contributed by atoms with E-state index < -0.39 is 12.0 Å². The number of ether oxygens (including phenoxy) is 2. The maximum atomic E-state index is 14.6. The van der Waals surface area contributed by atoms with Crippen LogP contribution in [0.25, 0.3) is 11.4 Å². The summed E-state index contributed by atoms with van der Waals surface area (Å²) in [5, 5.41) is 10.4. The molecule has 11 nitrogen and oxygen atoms in total. The standard InChI is InChI=1S/C37H49N5O6/c1-4-6-14-40(15-7-5-2)36(45)33-25-41(17-16-39-18-20-48-21-19-39)34(38-33)31-13-12-28(37(46)47-3)23-32(31)35(44)42-24-29-11-9-8-10-27(29)22-30(42)26-43/h8-13,23,25,30,43H,4-7,14-22,24,26H2,1-3H3/t30-/m0/s1. The third kappa shape index (κ3) is 8.14. The van der Waals surface area contributed by atoms with Crippen molar-refractivity contribution in [1.29, 1.82) is 0 Å². The second kappa shape index (κ2) is 16.9. The number of nitrogens with zero attached hydrogens (tertiary/aromatic N) is 5. The van der Waals surface area contributed by atoms with Gasteiger partial charge in [0, 0.05) is 57.6 Å². The number of methoxy groups -OCH3 is 1. The number of carbonyl (C=O) groups excluding carboxylic acids is 3. The van der Waals surface area contributed by atoms with Crippen molar-refractivity contribution in [2.24, 2.45) is 0 Å². The summed E-state index contributed by atoms with van der Waals surface area (Å²) >= 11 is 0. The van der Waals surface area contributed by atoms with Gasteiger partial charge >= 0.3 is 5.97 Å². The number of hydrogen-bond donors (Lipinski definition) is 1. The number of carbonyl (C=O) groups is 3. The Kier molecular flexibility index (Phi) is 12.4. The predicted octanol–water partition coefficient (Wildman–Crippen LogP) is 4.27. The van der Waals surface area contributed by atoms with Gasteiger partial charge in [-0.25, -0.2) is 9.78 Å². The zero-order valence-corrected chi connectivity index (χ0v) is 28.5. The summed E-state index contributed by atoms with van der Waals surface area (Å²) in [6, 6.07) is 12.4. The lowest BCUT2D eigenvalue weighted by Crippen LogP contribution is -2.46. The number of morpholine rings is 1. The van der Waals surface area contributed by atoms with Crippen molar-refractivity contribution in [2.45, 2.75) is 65.1 Å². The van der Waals surface area contributed by atoms with Crippen LogP contribution in [0.3, 0.4) is 0 Å². The average molecular weight is 660 g/mol. The molecule has 1 aromatic heterocycles. The summed E-state index contributed by atoms with van der Waals surface area (Å²) in [5.41, 5.74) is 3.45. The molecule has 1 saturated heterocycles. The molecule has 0 radical (unpaired) electrons. The third-order valence-corrected chi connectivity index (χ3v) is 9.35. The molecule has 1 N–H and O–H groups in total. The maximum Gasteiger partial charge on any atom is 0.337 e. The summed E-state index contributed by atoms with van der Waals surface area (Å²) in [5.74, 6) is -0.537. The molecule has 0 saturated carbocycles. The van der Waals surface area contributed by atoms with Gasteiger partial charge in [0.05, 0.1) is 44.1 Å². The molecule has 0 unspecified atom stereocenters. The van der Waals surface area contributed by atoms with E-state index in [1.165, 1.54) is 7.11 Å². The van der Waals surface area contributed by atoms with E-state index in [1.54, 1.807) is 29.3 Å². The van der Waals surface area contributed by atoms with Crippen LogP contribution >= 0.6 is 0 Å². The fourth-order valence-corrected chi connectivity index (χ4v) is 6.46. The van der Waals surface area contributed by atoms with Crippen LogP contribution < -0.4 is 0 Å². The minimum absolute atomic E-state index is 0.129. The van der Waals surface area contributed by atoms with Gasteiger partial charge in [-0.1, -0.05) is 51.0 Å². The van der Waals surface area contributed by atoms with Crippen molar-refractivity contribution in [3.05, 3.63) is 76.6 Å². The van der Waals surface area contributed by atoms with Gasteiger partial charge in [-0.15, -0.1) is 0 Å². The molecule has 0 bridgehead atoms.